The summed E-state index contributed by atoms with van der Waals surface area (Å²) >= 11 is 1.09. The van der Waals surface area contributed by atoms with E-state index < -0.39 is 37.9 Å². The highest BCUT2D eigenvalue weighted by molar-refractivity contribution is 7.91. The minimum Gasteiger partial charge on any atom is -0.376 e. The molecule has 0 unspecified atom stereocenters. The fourth-order valence-corrected chi connectivity index (χ4v) is 8.25. The average Bonchev–Trinajstić information content (AvgIpc) is 3.42. The first-order valence-electron chi connectivity index (χ1n) is 11.4. The highest BCUT2D eigenvalue weighted by atomic mass is 32.2. The van der Waals surface area contributed by atoms with Gasteiger partial charge < -0.3 is 10.0 Å². The summed E-state index contributed by atoms with van der Waals surface area (Å²) in [7, 11) is -7.34. The van der Waals surface area contributed by atoms with Crippen molar-refractivity contribution in [3.63, 3.8) is 0 Å². The molecule has 1 saturated carbocycles. The zero-order valence-corrected chi connectivity index (χ0v) is 21.9. The van der Waals surface area contributed by atoms with E-state index in [2.05, 4.69) is 4.72 Å². The molecule has 2 fully saturated rings. The van der Waals surface area contributed by atoms with Crippen LogP contribution in [0.4, 0.5) is 18.9 Å². The van der Waals surface area contributed by atoms with Crippen molar-refractivity contribution in [1.29, 1.82) is 0 Å². The van der Waals surface area contributed by atoms with Crippen molar-refractivity contribution < 1.29 is 35.1 Å². The fourth-order valence-electron chi connectivity index (χ4n) is 4.12. The number of halogens is 3. The third-order valence-corrected chi connectivity index (χ3v) is 11.3. The zero-order valence-electron chi connectivity index (χ0n) is 19.5. The normalized spacial score (nSPS) is 21.9. The van der Waals surface area contributed by atoms with Crippen molar-refractivity contribution in [2.24, 2.45) is 5.92 Å². The number of aliphatic hydroxyl groups is 1. The Morgan fingerprint density at radius 3 is 2.31 bits per heavy atom. The Balaban J connectivity index is 1.57. The number of sulfonamides is 2. The van der Waals surface area contributed by atoms with E-state index in [1.54, 1.807) is 16.3 Å². The van der Waals surface area contributed by atoms with E-state index in [1.165, 1.54) is 34.6 Å². The van der Waals surface area contributed by atoms with E-state index in [-0.39, 0.29) is 47.6 Å². The predicted octanol–water partition coefficient (Wildman–Crippen LogP) is 2.73. The van der Waals surface area contributed by atoms with Gasteiger partial charge in [-0.1, -0.05) is 18.2 Å². The molecule has 0 spiro atoms. The second-order valence-electron chi connectivity index (χ2n) is 9.33. The molecular formula is C22H28F3N3O5S3. The van der Waals surface area contributed by atoms with Crippen LogP contribution in [-0.4, -0.2) is 70.4 Å². The maximum atomic E-state index is 13.2. The number of nitrogens with zero attached hydrogens (tertiary/aromatic N) is 2. The van der Waals surface area contributed by atoms with Crippen LogP contribution in [0.2, 0.25) is 0 Å². The molecule has 0 amide bonds. The maximum absolute atomic E-state index is 13.2. The molecule has 2 atom stereocenters. The molecule has 1 aliphatic heterocycles. The fraction of sp³-hybridized carbons (Fsp3) is 0.545. The SMILES string of the molecule is C[C@](O)(c1ccc(N2CCN(S(=O)(=O)c3cccs3)C[C@H]2CNS(=O)(=O)CC2CC2)cc1)C(F)(F)F. The predicted molar refractivity (Wildman–Crippen MR) is 131 cm³/mol. The lowest BCUT2D eigenvalue weighted by molar-refractivity contribution is -0.258. The van der Waals surface area contributed by atoms with E-state index in [0.717, 1.165) is 24.2 Å². The van der Waals surface area contributed by atoms with Crippen LogP contribution >= 0.6 is 11.3 Å². The molecule has 4 rings (SSSR count). The number of hydrogen-bond donors (Lipinski definition) is 2. The second-order valence-corrected chi connectivity index (χ2v) is 14.3. The Morgan fingerprint density at radius 2 is 1.75 bits per heavy atom. The van der Waals surface area contributed by atoms with E-state index in [9.17, 15) is 35.1 Å². The summed E-state index contributed by atoms with van der Waals surface area (Å²) in [5.74, 6) is 0.146. The molecule has 8 nitrogen and oxygen atoms in total. The Labute approximate surface area is 212 Å². The number of nitrogens with one attached hydrogen (secondary N) is 1. The maximum Gasteiger partial charge on any atom is 0.421 e. The molecule has 2 N–H and O–H groups in total. The second kappa shape index (κ2) is 9.87. The van der Waals surface area contributed by atoms with Crippen molar-refractivity contribution in [3.8, 4) is 0 Å². The van der Waals surface area contributed by atoms with Gasteiger partial charge >= 0.3 is 6.18 Å². The van der Waals surface area contributed by atoms with Crippen LogP contribution in [0.5, 0.6) is 0 Å². The molecule has 1 aromatic carbocycles. The first-order valence-corrected chi connectivity index (χ1v) is 15.4. The first kappa shape index (κ1) is 27.3. The average molecular weight is 568 g/mol. The summed E-state index contributed by atoms with van der Waals surface area (Å²) in [5, 5.41) is 11.6. The molecule has 36 heavy (non-hydrogen) atoms. The van der Waals surface area contributed by atoms with Gasteiger partial charge in [0.2, 0.25) is 10.0 Å². The molecule has 200 valence electrons. The number of alkyl halides is 3. The van der Waals surface area contributed by atoms with Crippen LogP contribution in [0, 0.1) is 5.92 Å². The molecule has 1 saturated heterocycles. The molecule has 2 aliphatic rings. The zero-order chi connectivity index (χ0) is 26.4. The molecule has 0 bridgehead atoms. The van der Waals surface area contributed by atoms with Gasteiger partial charge in [-0.25, -0.2) is 21.6 Å². The lowest BCUT2D eigenvalue weighted by Gasteiger charge is -2.42. The van der Waals surface area contributed by atoms with Crippen molar-refractivity contribution in [2.45, 2.75) is 41.8 Å². The van der Waals surface area contributed by atoms with Gasteiger partial charge in [-0.05, 0) is 54.8 Å². The Bertz CT molecular complexity index is 1260. The van der Waals surface area contributed by atoms with E-state index in [4.69, 9.17) is 0 Å². The smallest absolute Gasteiger partial charge is 0.376 e. The summed E-state index contributed by atoms with van der Waals surface area (Å²) in [6.45, 7) is 0.928. The van der Waals surface area contributed by atoms with Crippen LogP contribution in [0.3, 0.4) is 0 Å². The minimum atomic E-state index is -4.86. The third-order valence-electron chi connectivity index (χ3n) is 6.54. The number of piperazine rings is 1. The summed E-state index contributed by atoms with van der Waals surface area (Å²) in [4.78, 5) is 1.78. The minimum absolute atomic E-state index is 0.00575. The summed E-state index contributed by atoms with van der Waals surface area (Å²) in [6, 6.07) is 7.73. The number of hydrogen-bond acceptors (Lipinski definition) is 7. The van der Waals surface area contributed by atoms with Crippen LogP contribution < -0.4 is 9.62 Å². The summed E-state index contributed by atoms with van der Waals surface area (Å²) in [6.07, 6.45) is -3.15. The lowest BCUT2D eigenvalue weighted by Crippen LogP contribution is -2.58. The van der Waals surface area contributed by atoms with Gasteiger partial charge in [0.25, 0.3) is 10.0 Å². The molecule has 2 heterocycles. The number of anilines is 1. The van der Waals surface area contributed by atoms with Crippen molar-refractivity contribution >= 4 is 37.1 Å². The van der Waals surface area contributed by atoms with Gasteiger partial charge in [0.05, 0.1) is 11.8 Å². The summed E-state index contributed by atoms with van der Waals surface area (Å²) < 4.78 is 94.9. The van der Waals surface area contributed by atoms with Gasteiger partial charge in [0.15, 0.2) is 5.60 Å². The molecule has 1 aliphatic carbocycles. The largest absolute Gasteiger partial charge is 0.421 e. The highest BCUT2D eigenvalue weighted by Gasteiger charge is 2.51. The van der Waals surface area contributed by atoms with Crippen LogP contribution in [0.1, 0.15) is 25.3 Å². The van der Waals surface area contributed by atoms with Crippen LogP contribution in [0.25, 0.3) is 0 Å². The van der Waals surface area contributed by atoms with E-state index in [1.807, 2.05) is 0 Å². The van der Waals surface area contributed by atoms with Gasteiger partial charge in [0.1, 0.15) is 4.21 Å². The quantitative estimate of drug-likeness (QED) is 0.483. The lowest BCUT2D eigenvalue weighted by atomic mass is 9.95. The molecule has 14 heteroatoms. The van der Waals surface area contributed by atoms with E-state index >= 15 is 0 Å². The standard InChI is InChI=1S/C22H28F3N3O5S3/c1-21(29,22(23,24)25)17-6-8-18(9-7-17)28-11-10-27(36(32,33)20-3-2-12-34-20)14-19(28)13-26-35(30,31)15-16-4-5-16/h2-3,6-9,12,16,19,26,29H,4-5,10-11,13-15H2,1H3/t19-,21+/m1/s1. The van der Waals surface area contributed by atoms with Crippen LogP contribution in [-0.2, 0) is 25.6 Å². The molecule has 0 radical (unpaired) electrons. The van der Waals surface area contributed by atoms with E-state index in [0.29, 0.717) is 12.6 Å². The summed E-state index contributed by atoms with van der Waals surface area (Å²) in [5.41, 5.74) is -2.87. The third kappa shape index (κ3) is 5.89. The highest BCUT2D eigenvalue weighted by Crippen LogP contribution is 2.39. The van der Waals surface area contributed by atoms with Crippen molar-refractivity contribution in [1.82, 2.24) is 9.03 Å². The van der Waals surface area contributed by atoms with Crippen LogP contribution in [0.15, 0.2) is 46.0 Å². The van der Waals surface area contributed by atoms with Gasteiger partial charge in [-0.3, -0.25) is 0 Å². The van der Waals surface area contributed by atoms with Gasteiger partial charge in [0, 0.05) is 31.9 Å². The van der Waals surface area contributed by atoms with Gasteiger partial charge in [-0.15, -0.1) is 11.3 Å². The number of benzene rings is 1. The number of rotatable bonds is 9. The first-order chi connectivity index (χ1) is 16.7. The number of thiophene rings is 1. The Kier molecular flexibility index (Phi) is 7.50. The monoisotopic (exact) mass is 567 g/mol. The van der Waals surface area contributed by atoms with Crippen molar-refractivity contribution in [3.05, 3.63) is 47.3 Å². The van der Waals surface area contributed by atoms with Gasteiger partial charge in [-0.2, -0.15) is 17.5 Å². The molecular weight excluding hydrogens is 539 g/mol. The molecule has 2 aromatic rings. The molecule has 1 aromatic heterocycles. The van der Waals surface area contributed by atoms with Crippen molar-refractivity contribution in [2.75, 3.05) is 36.8 Å². The Hall–Kier alpha value is -1.71. The Morgan fingerprint density at radius 1 is 1.08 bits per heavy atom. The topological polar surface area (TPSA) is 107 Å².